The van der Waals surface area contributed by atoms with Gasteiger partial charge < -0.3 is 11.1 Å². The molecular formula is C10H10ClFN4. The maximum Gasteiger partial charge on any atom is 0.143 e. The molecule has 0 fully saturated rings. The zero-order valence-electron chi connectivity index (χ0n) is 8.30. The number of anilines is 2. The number of rotatable bonds is 3. The Hall–Kier alpha value is -1.75. The highest BCUT2D eigenvalue weighted by molar-refractivity contribution is 6.31. The molecule has 6 heteroatoms. The van der Waals surface area contributed by atoms with Gasteiger partial charge in [0.25, 0.3) is 0 Å². The molecule has 2 aromatic rings. The Bertz CT molecular complexity index is 484. The number of aromatic nitrogens is 2. The van der Waals surface area contributed by atoms with Gasteiger partial charge in [0.05, 0.1) is 28.6 Å². The third-order valence-electron chi connectivity index (χ3n) is 2.12. The van der Waals surface area contributed by atoms with E-state index in [-0.39, 0.29) is 5.02 Å². The van der Waals surface area contributed by atoms with Crippen LogP contribution in [0.15, 0.2) is 24.4 Å². The molecule has 1 aromatic carbocycles. The van der Waals surface area contributed by atoms with Gasteiger partial charge in [-0.15, -0.1) is 0 Å². The molecule has 0 aliphatic rings. The van der Waals surface area contributed by atoms with Crippen LogP contribution in [0.3, 0.4) is 0 Å². The number of H-pyrrole nitrogens is 1. The summed E-state index contributed by atoms with van der Waals surface area (Å²) in [7, 11) is 0. The van der Waals surface area contributed by atoms with Crippen LogP contribution in [0.4, 0.5) is 15.8 Å². The third-order valence-corrected chi connectivity index (χ3v) is 2.41. The van der Waals surface area contributed by atoms with E-state index in [0.717, 1.165) is 5.69 Å². The maximum absolute atomic E-state index is 13.2. The minimum atomic E-state index is -0.497. The topological polar surface area (TPSA) is 66.7 Å². The number of hydrogen-bond donors (Lipinski definition) is 3. The van der Waals surface area contributed by atoms with Gasteiger partial charge in [-0.25, -0.2) is 4.39 Å². The van der Waals surface area contributed by atoms with Crippen LogP contribution < -0.4 is 11.1 Å². The fraction of sp³-hybridized carbons (Fsp3) is 0.100. The van der Waals surface area contributed by atoms with Gasteiger partial charge in [-0.2, -0.15) is 5.10 Å². The molecule has 4 N–H and O–H groups in total. The average Bonchev–Trinajstić information content (AvgIpc) is 2.74. The van der Waals surface area contributed by atoms with Crippen LogP contribution >= 0.6 is 11.6 Å². The number of aromatic amines is 1. The molecule has 2 rings (SSSR count). The third kappa shape index (κ3) is 2.25. The summed E-state index contributed by atoms with van der Waals surface area (Å²) < 4.78 is 13.2. The van der Waals surface area contributed by atoms with Crippen LogP contribution in [0.2, 0.25) is 5.02 Å². The van der Waals surface area contributed by atoms with E-state index >= 15 is 0 Å². The van der Waals surface area contributed by atoms with Crippen LogP contribution in [0.5, 0.6) is 0 Å². The van der Waals surface area contributed by atoms with Gasteiger partial charge in [0.2, 0.25) is 0 Å². The van der Waals surface area contributed by atoms with Crippen molar-refractivity contribution >= 4 is 23.0 Å². The van der Waals surface area contributed by atoms with Crippen molar-refractivity contribution in [3.05, 3.63) is 40.9 Å². The summed E-state index contributed by atoms with van der Waals surface area (Å²) in [6.07, 6.45) is 1.64. The zero-order valence-corrected chi connectivity index (χ0v) is 9.05. The molecule has 0 radical (unpaired) electrons. The number of nitrogens with two attached hydrogens (primary N) is 1. The zero-order chi connectivity index (χ0) is 11.5. The van der Waals surface area contributed by atoms with Crippen LogP contribution in [0.1, 0.15) is 5.69 Å². The number of benzene rings is 1. The van der Waals surface area contributed by atoms with Gasteiger partial charge >= 0.3 is 0 Å². The molecule has 4 nitrogen and oxygen atoms in total. The quantitative estimate of drug-likeness (QED) is 0.722. The number of halogens is 2. The molecule has 16 heavy (non-hydrogen) atoms. The van der Waals surface area contributed by atoms with E-state index in [1.807, 2.05) is 6.07 Å². The Balaban J connectivity index is 2.12. The molecule has 84 valence electrons. The van der Waals surface area contributed by atoms with E-state index in [0.29, 0.717) is 17.9 Å². The van der Waals surface area contributed by atoms with Crippen molar-refractivity contribution in [1.29, 1.82) is 0 Å². The predicted octanol–water partition coefficient (Wildman–Crippen LogP) is 2.40. The molecule has 0 aliphatic heterocycles. The fourth-order valence-electron chi connectivity index (χ4n) is 1.29. The van der Waals surface area contributed by atoms with Crippen molar-refractivity contribution < 1.29 is 4.39 Å². The van der Waals surface area contributed by atoms with Crippen LogP contribution in [0.25, 0.3) is 0 Å². The second kappa shape index (κ2) is 4.40. The Morgan fingerprint density at radius 3 is 3.00 bits per heavy atom. The summed E-state index contributed by atoms with van der Waals surface area (Å²) in [4.78, 5) is 0. The van der Waals surface area contributed by atoms with E-state index < -0.39 is 5.82 Å². The summed E-state index contributed by atoms with van der Waals surface area (Å²) in [6.45, 7) is 0.491. The maximum atomic E-state index is 13.2. The van der Waals surface area contributed by atoms with Crippen LogP contribution in [-0.4, -0.2) is 10.2 Å². The van der Waals surface area contributed by atoms with E-state index in [1.165, 1.54) is 12.1 Å². The molecule has 0 saturated heterocycles. The molecule has 0 amide bonds. The first kappa shape index (κ1) is 10.8. The van der Waals surface area contributed by atoms with Crippen molar-refractivity contribution in [3.63, 3.8) is 0 Å². The van der Waals surface area contributed by atoms with Gasteiger partial charge in [0.1, 0.15) is 5.82 Å². The fourth-order valence-corrected chi connectivity index (χ4v) is 1.46. The molecular weight excluding hydrogens is 231 g/mol. The molecule has 1 heterocycles. The van der Waals surface area contributed by atoms with Gasteiger partial charge in [-0.1, -0.05) is 11.6 Å². The second-order valence-corrected chi connectivity index (χ2v) is 3.70. The van der Waals surface area contributed by atoms with E-state index in [1.54, 1.807) is 6.20 Å². The highest BCUT2D eigenvalue weighted by Crippen LogP contribution is 2.26. The summed E-state index contributed by atoms with van der Waals surface area (Å²) >= 11 is 5.59. The van der Waals surface area contributed by atoms with E-state index in [9.17, 15) is 4.39 Å². The Kier molecular flexibility index (Phi) is 2.96. The Labute approximate surface area is 96.6 Å². The number of hydrogen-bond acceptors (Lipinski definition) is 3. The first-order valence-electron chi connectivity index (χ1n) is 4.63. The smallest absolute Gasteiger partial charge is 0.143 e. The first-order chi connectivity index (χ1) is 7.66. The molecule has 0 unspecified atom stereocenters. The minimum absolute atomic E-state index is 0.0181. The second-order valence-electron chi connectivity index (χ2n) is 3.29. The molecule has 0 atom stereocenters. The van der Waals surface area contributed by atoms with Gasteiger partial charge in [0, 0.05) is 12.3 Å². The van der Waals surface area contributed by atoms with Gasteiger partial charge in [-0.3, -0.25) is 5.10 Å². The number of nitrogen functional groups attached to an aromatic ring is 1. The lowest BCUT2D eigenvalue weighted by atomic mass is 10.2. The highest BCUT2D eigenvalue weighted by Gasteiger charge is 2.06. The number of nitrogens with zero attached hydrogens (tertiary/aromatic N) is 1. The first-order valence-corrected chi connectivity index (χ1v) is 5.01. The molecule has 0 bridgehead atoms. The molecule has 0 saturated carbocycles. The van der Waals surface area contributed by atoms with Gasteiger partial charge in [0.15, 0.2) is 0 Å². The van der Waals surface area contributed by atoms with Crippen LogP contribution in [-0.2, 0) is 6.54 Å². The highest BCUT2D eigenvalue weighted by atomic mass is 35.5. The molecule has 1 aromatic heterocycles. The largest absolute Gasteiger partial charge is 0.397 e. The van der Waals surface area contributed by atoms with Crippen molar-refractivity contribution in [1.82, 2.24) is 10.2 Å². The van der Waals surface area contributed by atoms with Crippen molar-refractivity contribution in [2.24, 2.45) is 0 Å². The Morgan fingerprint density at radius 2 is 2.31 bits per heavy atom. The molecule has 0 aliphatic carbocycles. The van der Waals surface area contributed by atoms with Crippen LogP contribution in [0, 0.1) is 5.82 Å². The van der Waals surface area contributed by atoms with Gasteiger partial charge in [-0.05, 0) is 12.1 Å². The van der Waals surface area contributed by atoms with Crippen molar-refractivity contribution in [2.75, 3.05) is 11.1 Å². The number of nitrogens with one attached hydrogen (secondary N) is 2. The Morgan fingerprint density at radius 1 is 1.50 bits per heavy atom. The van der Waals surface area contributed by atoms with E-state index in [2.05, 4.69) is 15.5 Å². The minimum Gasteiger partial charge on any atom is -0.397 e. The summed E-state index contributed by atoms with van der Waals surface area (Å²) in [5, 5.41) is 9.58. The lowest BCUT2D eigenvalue weighted by Crippen LogP contribution is -2.03. The lowest BCUT2D eigenvalue weighted by molar-refractivity contribution is 0.629. The summed E-state index contributed by atoms with van der Waals surface area (Å²) in [5.74, 6) is -0.497. The van der Waals surface area contributed by atoms with Crippen molar-refractivity contribution in [2.45, 2.75) is 6.54 Å². The van der Waals surface area contributed by atoms with Crippen molar-refractivity contribution in [3.8, 4) is 0 Å². The van der Waals surface area contributed by atoms with E-state index in [4.69, 9.17) is 17.3 Å². The summed E-state index contributed by atoms with van der Waals surface area (Å²) in [6, 6.07) is 4.47. The SMILES string of the molecule is Nc1cc(Cl)c(F)cc1NCc1ccn[nH]1. The average molecular weight is 241 g/mol. The predicted molar refractivity (Wildman–Crippen MR) is 61.7 cm³/mol. The summed E-state index contributed by atoms with van der Waals surface area (Å²) in [5.41, 5.74) is 7.49. The normalized spacial score (nSPS) is 10.4. The standard InChI is InChI=1S/C10H10ClFN4/c11-7-3-9(13)10(4-8(7)12)14-5-6-1-2-15-16-6/h1-4,14H,5,13H2,(H,15,16). The lowest BCUT2D eigenvalue weighted by Gasteiger charge is -2.09. The monoisotopic (exact) mass is 240 g/mol. The molecule has 0 spiro atoms.